The summed E-state index contributed by atoms with van der Waals surface area (Å²) < 4.78 is 5.07. The Morgan fingerprint density at radius 3 is 2.93 bits per heavy atom. The molecule has 74 valence electrons. The second kappa shape index (κ2) is 2.63. The van der Waals surface area contributed by atoms with Gasteiger partial charge in [0.15, 0.2) is 5.58 Å². The topological polar surface area (TPSA) is 72.0 Å². The van der Waals surface area contributed by atoms with Gasteiger partial charge in [-0.1, -0.05) is 18.2 Å². The summed E-state index contributed by atoms with van der Waals surface area (Å²) in [6.45, 7) is 0. The molecule has 0 aliphatic heterocycles. The third kappa shape index (κ3) is 1.05. The number of H-pyrrole nitrogens is 1. The number of aromatic amines is 1. The molecule has 1 heterocycles. The number of nitrogens with two attached hydrogens (primary N) is 1. The van der Waals surface area contributed by atoms with Gasteiger partial charge in [0, 0.05) is 11.1 Å². The molecule has 0 spiro atoms. The highest BCUT2D eigenvalue weighted by Gasteiger charge is 2.07. The lowest BCUT2D eigenvalue weighted by atomic mass is 10.1. The van der Waals surface area contributed by atoms with E-state index in [4.69, 9.17) is 10.2 Å². The molecule has 3 aromatic rings. The molecule has 3 N–H and O–H groups in total. The summed E-state index contributed by atoms with van der Waals surface area (Å²) in [5, 5.41) is 1.75. The van der Waals surface area contributed by atoms with Crippen molar-refractivity contribution in [2.24, 2.45) is 0 Å². The van der Waals surface area contributed by atoms with Crippen molar-refractivity contribution < 1.29 is 4.42 Å². The van der Waals surface area contributed by atoms with E-state index in [1.165, 1.54) is 0 Å². The van der Waals surface area contributed by atoms with Crippen molar-refractivity contribution in [1.82, 2.24) is 4.98 Å². The van der Waals surface area contributed by atoms with Crippen LogP contribution >= 0.6 is 0 Å². The molecular formula is C11H8N2O2. The van der Waals surface area contributed by atoms with Crippen LogP contribution in [0.25, 0.3) is 21.9 Å². The maximum Gasteiger partial charge on any atom is 0.417 e. The maximum absolute atomic E-state index is 11.1. The van der Waals surface area contributed by atoms with Crippen molar-refractivity contribution in [3.8, 4) is 0 Å². The summed E-state index contributed by atoms with van der Waals surface area (Å²) in [7, 11) is 0. The van der Waals surface area contributed by atoms with E-state index in [9.17, 15) is 4.79 Å². The standard InChI is InChI=1S/C11H8N2O2/c12-7-3-1-2-6-4-5-8-10(9(6)7)15-11(14)13-8/h1-5H,12H2,(H,13,14). The average Bonchev–Trinajstić information content (AvgIpc) is 2.58. The van der Waals surface area contributed by atoms with Crippen LogP contribution in [0.1, 0.15) is 0 Å². The average molecular weight is 200 g/mol. The van der Waals surface area contributed by atoms with E-state index in [0.717, 1.165) is 10.8 Å². The molecule has 4 nitrogen and oxygen atoms in total. The number of aromatic nitrogens is 1. The van der Waals surface area contributed by atoms with E-state index >= 15 is 0 Å². The van der Waals surface area contributed by atoms with Crippen molar-refractivity contribution in [1.29, 1.82) is 0 Å². The highest BCUT2D eigenvalue weighted by molar-refractivity contribution is 6.09. The minimum Gasteiger partial charge on any atom is -0.407 e. The molecule has 0 amide bonds. The summed E-state index contributed by atoms with van der Waals surface area (Å²) in [5.74, 6) is -0.458. The van der Waals surface area contributed by atoms with Crippen molar-refractivity contribution in [3.63, 3.8) is 0 Å². The fourth-order valence-electron chi connectivity index (χ4n) is 1.81. The Morgan fingerprint density at radius 2 is 2.07 bits per heavy atom. The van der Waals surface area contributed by atoms with Gasteiger partial charge in [0.1, 0.15) is 0 Å². The van der Waals surface area contributed by atoms with E-state index in [0.29, 0.717) is 16.8 Å². The fraction of sp³-hybridized carbons (Fsp3) is 0. The van der Waals surface area contributed by atoms with Gasteiger partial charge in [-0.25, -0.2) is 4.79 Å². The van der Waals surface area contributed by atoms with Gasteiger partial charge < -0.3 is 10.2 Å². The summed E-state index contributed by atoms with van der Waals surface area (Å²) in [5.41, 5.74) is 7.66. The molecule has 3 rings (SSSR count). The number of rotatable bonds is 0. The van der Waals surface area contributed by atoms with Gasteiger partial charge >= 0.3 is 5.76 Å². The molecular weight excluding hydrogens is 192 g/mol. The van der Waals surface area contributed by atoms with E-state index in [2.05, 4.69) is 4.98 Å². The molecule has 0 aliphatic rings. The van der Waals surface area contributed by atoms with Crippen LogP contribution in [0, 0.1) is 0 Å². The van der Waals surface area contributed by atoms with Gasteiger partial charge in [0.25, 0.3) is 0 Å². The Morgan fingerprint density at radius 1 is 1.20 bits per heavy atom. The van der Waals surface area contributed by atoms with Crippen molar-refractivity contribution in [3.05, 3.63) is 40.9 Å². The molecule has 0 bridgehead atoms. The van der Waals surface area contributed by atoms with Crippen LogP contribution in [0.15, 0.2) is 39.5 Å². The third-order valence-corrected chi connectivity index (χ3v) is 2.46. The normalized spacial score (nSPS) is 11.2. The van der Waals surface area contributed by atoms with Gasteiger partial charge in [-0.05, 0) is 17.5 Å². The van der Waals surface area contributed by atoms with E-state index < -0.39 is 5.76 Å². The fourth-order valence-corrected chi connectivity index (χ4v) is 1.81. The summed E-state index contributed by atoms with van der Waals surface area (Å²) in [6, 6.07) is 9.29. The summed E-state index contributed by atoms with van der Waals surface area (Å²) >= 11 is 0. The van der Waals surface area contributed by atoms with Gasteiger partial charge in [0.2, 0.25) is 0 Å². The Bertz CT molecular complexity index is 709. The quantitative estimate of drug-likeness (QED) is 0.544. The lowest BCUT2D eigenvalue weighted by Gasteiger charge is -2.00. The lowest BCUT2D eigenvalue weighted by Crippen LogP contribution is -1.92. The monoisotopic (exact) mass is 200 g/mol. The molecule has 0 aliphatic carbocycles. The molecule has 0 saturated heterocycles. The first kappa shape index (κ1) is 8.11. The van der Waals surface area contributed by atoms with Crippen molar-refractivity contribution >= 4 is 27.6 Å². The van der Waals surface area contributed by atoms with Crippen LogP contribution in [0.4, 0.5) is 5.69 Å². The first-order chi connectivity index (χ1) is 7.25. The second-order valence-electron chi connectivity index (χ2n) is 3.40. The maximum atomic E-state index is 11.1. The Kier molecular flexibility index (Phi) is 1.42. The Hall–Kier alpha value is -2.23. The van der Waals surface area contributed by atoms with E-state index in [1.54, 1.807) is 6.07 Å². The molecule has 0 saturated carbocycles. The SMILES string of the molecule is Nc1cccc2ccc3[nH]c(=O)oc3c12. The Labute approximate surface area is 84.3 Å². The minimum absolute atomic E-state index is 0.458. The zero-order valence-electron chi connectivity index (χ0n) is 7.78. The highest BCUT2D eigenvalue weighted by Crippen LogP contribution is 2.27. The first-order valence-corrected chi connectivity index (χ1v) is 4.56. The predicted molar refractivity (Wildman–Crippen MR) is 58.8 cm³/mol. The van der Waals surface area contributed by atoms with Gasteiger partial charge in [0.05, 0.1) is 5.52 Å². The largest absolute Gasteiger partial charge is 0.417 e. The molecule has 0 atom stereocenters. The van der Waals surface area contributed by atoms with Crippen molar-refractivity contribution in [2.45, 2.75) is 0 Å². The number of nitrogen functional groups attached to an aromatic ring is 1. The number of benzene rings is 2. The zero-order chi connectivity index (χ0) is 10.4. The molecule has 15 heavy (non-hydrogen) atoms. The molecule has 0 fully saturated rings. The highest BCUT2D eigenvalue weighted by atomic mass is 16.4. The molecule has 4 heteroatoms. The third-order valence-electron chi connectivity index (χ3n) is 2.46. The second-order valence-corrected chi connectivity index (χ2v) is 3.40. The zero-order valence-corrected chi connectivity index (χ0v) is 7.78. The predicted octanol–water partition coefficient (Wildman–Crippen LogP) is 1.86. The van der Waals surface area contributed by atoms with Crippen LogP contribution in [0.3, 0.4) is 0 Å². The van der Waals surface area contributed by atoms with Crippen LogP contribution in [0.5, 0.6) is 0 Å². The number of anilines is 1. The molecule has 2 aromatic carbocycles. The van der Waals surface area contributed by atoms with Gasteiger partial charge in [-0.3, -0.25) is 4.98 Å². The van der Waals surface area contributed by atoms with Crippen LogP contribution in [-0.2, 0) is 0 Å². The van der Waals surface area contributed by atoms with Gasteiger partial charge in [-0.2, -0.15) is 0 Å². The smallest absolute Gasteiger partial charge is 0.407 e. The van der Waals surface area contributed by atoms with E-state index in [1.807, 2.05) is 24.3 Å². The number of hydrogen-bond acceptors (Lipinski definition) is 3. The Balaban J connectivity index is 2.68. The number of oxazole rings is 1. The minimum atomic E-state index is -0.458. The number of hydrogen-bond donors (Lipinski definition) is 2. The van der Waals surface area contributed by atoms with E-state index in [-0.39, 0.29) is 0 Å². The van der Waals surface area contributed by atoms with Crippen LogP contribution in [-0.4, -0.2) is 4.98 Å². The number of nitrogens with one attached hydrogen (secondary N) is 1. The van der Waals surface area contributed by atoms with Gasteiger partial charge in [-0.15, -0.1) is 0 Å². The number of fused-ring (bicyclic) bond motifs is 3. The lowest BCUT2D eigenvalue weighted by molar-refractivity contribution is 0.558. The molecule has 1 aromatic heterocycles. The summed E-state index contributed by atoms with van der Waals surface area (Å²) in [6.07, 6.45) is 0. The van der Waals surface area contributed by atoms with Crippen LogP contribution < -0.4 is 11.5 Å². The first-order valence-electron chi connectivity index (χ1n) is 4.56. The van der Waals surface area contributed by atoms with Crippen molar-refractivity contribution in [2.75, 3.05) is 5.73 Å². The molecule has 0 unspecified atom stereocenters. The van der Waals surface area contributed by atoms with Crippen LogP contribution in [0.2, 0.25) is 0 Å². The molecule has 0 radical (unpaired) electrons. The summed E-state index contributed by atoms with van der Waals surface area (Å²) in [4.78, 5) is 13.7.